The molecule has 1 aromatic rings. The maximum Gasteiger partial charge on any atom is 0.410 e. The molecule has 1 aromatic carbocycles. The quantitative estimate of drug-likeness (QED) is 0.530. The molecule has 0 spiro atoms. The number of esters is 1. The van der Waals surface area contributed by atoms with Gasteiger partial charge in [0.25, 0.3) is 0 Å². The Hall–Kier alpha value is -1.92. The van der Waals surface area contributed by atoms with E-state index < -0.39 is 69.2 Å². The molecule has 36 heavy (non-hydrogen) atoms. The van der Waals surface area contributed by atoms with Gasteiger partial charge >= 0.3 is 12.1 Å². The van der Waals surface area contributed by atoms with Crippen molar-refractivity contribution >= 4 is 50.8 Å². The van der Waals surface area contributed by atoms with Crippen molar-refractivity contribution in [3.8, 4) is 0 Å². The van der Waals surface area contributed by atoms with Crippen LogP contribution in [0.3, 0.4) is 0 Å². The predicted octanol–water partition coefficient (Wildman–Crippen LogP) is 2.43. The zero-order valence-corrected chi connectivity index (χ0v) is 22.7. The van der Waals surface area contributed by atoms with E-state index in [9.17, 15) is 23.1 Å². The van der Waals surface area contributed by atoms with Crippen molar-refractivity contribution in [1.82, 2.24) is 4.90 Å². The normalized spacial score (nSPS) is 27.9. The van der Waals surface area contributed by atoms with Crippen LogP contribution in [0.1, 0.15) is 39.2 Å². The third-order valence-corrected chi connectivity index (χ3v) is 9.03. The number of amides is 1. The first kappa shape index (κ1) is 28.6. The zero-order chi connectivity index (χ0) is 27.1. The number of β-amino-alcohol motifs (C(OH)–C–C–N with tert-alkyl or cyclic N) is 1. The average Bonchev–Trinajstić information content (AvgIpc) is 2.85. The van der Waals surface area contributed by atoms with Crippen LogP contribution in [-0.4, -0.2) is 89.9 Å². The number of benzene rings is 1. The fourth-order valence-corrected chi connectivity index (χ4v) is 7.29. The average molecular weight is 565 g/mol. The summed E-state index contributed by atoms with van der Waals surface area (Å²) in [5.74, 6) is -3.84. The highest BCUT2D eigenvalue weighted by molar-refractivity contribution is 7.92. The standard InChI is InChI=1S/C23H30Cl2N2O8S/c1-13-16(20(29)34-10-9-28)17(14-6-5-7-15(24)18(14)25)19-23(31,26-13)12-27(8-11-36(19,32)33)21(30)35-22(2,3)4/h5-7,16-17,19,28,31H,8-12H2,1-4H3. The van der Waals surface area contributed by atoms with Crippen LogP contribution in [0.4, 0.5) is 4.79 Å². The molecular formula is C23H30Cl2N2O8S. The van der Waals surface area contributed by atoms with Gasteiger partial charge in [-0.3, -0.25) is 9.79 Å². The van der Waals surface area contributed by atoms with Gasteiger partial charge in [0.05, 0.1) is 28.9 Å². The summed E-state index contributed by atoms with van der Waals surface area (Å²) >= 11 is 12.7. The number of fused-ring (bicyclic) bond motifs is 1. The van der Waals surface area contributed by atoms with E-state index in [2.05, 4.69) is 4.99 Å². The second-order valence-corrected chi connectivity index (χ2v) is 12.9. The number of halogens is 2. The summed E-state index contributed by atoms with van der Waals surface area (Å²) in [4.78, 5) is 31.3. The Morgan fingerprint density at radius 1 is 1.28 bits per heavy atom. The summed E-state index contributed by atoms with van der Waals surface area (Å²) in [5.41, 5.74) is -2.88. The molecule has 0 radical (unpaired) electrons. The van der Waals surface area contributed by atoms with E-state index in [1.165, 1.54) is 19.1 Å². The minimum Gasteiger partial charge on any atom is -0.463 e. The van der Waals surface area contributed by atoms with Crippen LogP contribution < -0.4 is 0 Å². The summed E-state index contributed by atoms with van der Waals surface area (Å²) in [5, 5.41) is 19.4. The number of rotatable bonds is 4. The second kappa shape index (κ2) is 10.4. The number of nitrogens with zero attached hydrogens (tertiary/aromatic N) is 2. The number of sulfone groups is 1. The lowest BCUT2D eigenvalue weighted by molar-refractivity contribution is -0.148. The van der Waals surface area contributed by atoms with Gasteiger partial charge in [-0.1, -0.05) is 35.3 Å². The fourth-order valence-electron chi connectivity index (χ4n) is 4.68. The monoisotopic (exact) mass is 564 g/mol. The van der Waals surface area contributed by atoms with Crippen LogP contribution in [-0.2, 0) is 24.1 Å². The number of hydrogen-bond donors (Lipinski definition) is 2. The molecule has 3 rings (SSSR count). The summed E-state index contributed by atoms with van der Waals surface area (Å²) in [7, 11) is -4.19. The second-order valence-electron chi connectivity index (χ2n) is 9.86. The maximum absolute atomic E-state index is 13.7. The van der Waals surface area contributed by atoms with Crippen LogP contribution in [0.2, 0.25) is 10.0 Å². The summed E-state index contributed by atoms with van der Waals surface area (Å²) in [6.45, 7) is 4.97. The zero-order valence-electron chi connectivity index (χ0n) is 20.4. The number of aliphatic imine (C=N–C) groups is 1. The molecule has 0 aromatic heterocycles. The summed E-state index contributed by atoms with van der Waals surface area (Å²) < 4.78 is 37.9. The lowest BCUT2D eigenvalue weighted by atomic mass is 9.75. The molecule has 1 amide bonds. The van der Waals surface area contributed by atoms with Gasteiger partial charge in [-0.05, 0) is 39.3 Å². The van der Waals surface area contributed by atoms with Gasteiger partial charge in [-0.25, -0.2) is 13.2 Å². The van der Waals surface area contributed by atoms with Crippen LogP contribution in [0.25, 0.3) is 0 Å². The van der Waals surface area contributed by atoms with Crippen molar-refractivity contribution < 1.29 is 37.7 Å². The molecule has 4 unspecified atom stereocenters. The largest absolute Gasteiger partial charge is 0.463 e. The number of hydrogen-bond acceptors (Lipinski definition) is 9. The third-order valence-electron chi connectivity index (χ3n) is 6.00. The van der Waals surface area contributed by atoms with E-state index in [1.54, 1.807) is 26.8 Å². The molecule has 2 N–H and O–H groups in total. The molecule has 1 fully saturated rings. The fraction of sp³-hybridized carbons (Fsp3) is 0.609. The topological polar surface area (TPSA) is 143 Å². The summed E-state index contributed by atoms with van der Waals surface area (Å²) in [6.07, 6.45) is -0.804. The van der Waals surface area contributed by atoms with Gasteiger partial charge in [-0.15, -0.1) is 0 Å². The van der Waals surface area contributed by atoms with E-state index in [1.807, 2.05) is 0 Å². The Morgan fingerprint density at radius 3 is 2.56 bits per heavy atom. The highest BCUT2D eigenvalue weighted by Crippen LogP contribution is 2.48. The van der Waals surface area contributed by atoms with Crippen molar-refractivity contribution in [2.24, 2.45) is 10.9 Å². The molecule has 4 atom stereocenters. The first-order valence-corrected chi connectivity index (χ1v) is 13.8. The molecule has 13 heteroatoms. The van der Waals surface area contributed by atoms with Gasteiger partial charge in [-0.2, -0.15) is 0 Å². The SMILES string of the molecule is CC1=NC2(O)CN(C(=O)OC(C)(C)C)CCS(=O)(=O)C2C(c2cccc(Cl)c2Cl)C1C(=O)OCCO. The highest BCUT2D eigenvalue weighted by Gasteiger charge is 2.60. The molecular weight excluding hydrogens is 535 g/mol. The van der Waals surface area contributed by atoms with Crippen LogP contribution >= 0.6 is 23.2 Å². The van der Waals surface area contributed by atoms with Crippen LogP contribution in [0.5, 0.6) is 0 Å². The van der Waals surface area contributed by atoms with Crippen molar-refractivity contribution in [1.29, 1.82) is 0 Å². The van der Waals surface area contributed by atoms with E-state index in [4.69, 9.17) is 37.8 Å². The Bertz CT molecular complexity index is 1170. The molecule has 0 aliphatic carbocycles. The number of carbonyl (C=O) groups is 2. The van der Waals surface area contributed by atoms with Gasteiger partial charge < -0.3 is 24.6 Å². The Kier molecular flexibility index (Phi) is 8.31. The van der Waals surface area contributed by atoms with Crippen molar-refractivity contribution in [2.75, 3.05) is 32.1 Å². The van der Waals surface area contributed by atoms with Crippen molar-refractivity contribution in [2.45, 2.75) is 50.2 Å². The van der Waals surface area contributed by atoms with Gasteiger partial charge in [0.2, 0.25) is 0 Å². The highest BCUT2D eigenvalue weighted by atomic mass is 35.5. The van der Waals surface area contributed by atoms with E-state index in [-0.39, 0.29) is 34.5 Å². The Morgan fingerprint density at radius 2 is 1.94 bits per heavy atom. The molecule has 200 valence electrons. The van der Waals surface area contributed by atoms with Crippen molar-refractivity contribution in [3.05, 3.63) is 33.8 Å². The van der Waals surface area contributed by atoms with Crippen molar-refractivity contribution in [3.63, 3.8) is 0 Å². The summed E-state index contributed by atoms with van der Waals surface area (Å²) in [6, 6.07) is 4.58. The predicted molar refractivity (Wildman–Crippen MR) is 134 cm³/mol. The van der Waals surface area contributed by atoms with E-state index in [0.29, 0.717) is 0 Å². The van der Waals surface area contributed by atoms with Gasteiger partial charge in [0, 0.05) is 18.2 Å². The first-order chi connectivity index (χ1) is 16.6. The molecule has 0 saturated carbocycles. The lowest BCUT2D eigenvalue weighted by Crippen LogP contribution is -2.60. The number of aliphatic hydroxyl groups excluding tert-OH is 1. The Balaban J connectivity index is 2.21. The maximum atomic E-state index is 13.7. The molecule has 1 saturated heterocycles. The molecule has 0 bridgehead atoms. The number of carbonyl (C=O) groups excluding carboxylic acids is 2. The minimum absolute atomic E-state index is 0.0182. The molecule has 10 nitrogen and oxygen atoms in total. The third kappa shape index (κ3) is 5.80. The number of ether oxygens (including phenoxy) is 2. The van der Waals surface area contributed by atoms with Crippen LogP contribution in [0, 0.1) is 5.92 Å². The Labute approximate surface area is 220 Å². The molecule has 2 heterocycles. The molecule has 2 aliphatic rings. The smallest absolute Gasteiger partial charge is 0.410 e. The minimum atomic E-state index is -4.19. The van der Waals surface area contributed by atoms with E-state index >= 15 is 0 Å². The lowest BCUT2D eigenvalue weighted by Gasteiger charge is -2.44. The number of aliphatic hydroxyl groups is 2. The first-order valence-electron chi connectivity index (χ1n) is 11.3. The van der Waals surface area contributed by atoms with Crippen LogP contribution in [0.15, 0.2) is 23.2 Å². The molecule has 2 aliphatic heterocycles. The van der Waals surface area contributed by atoms with Gasteiger partial charge in [0.1, 0.15) is 23.4 Å². The van der Waals surface area contributed by atoms with Gasteiger partial charge in [0.15, 0.2) is 15.6 Å². The van der Waals surface area contributed by atoms with E-state index in [0.717, 1.165) is 4.90 Å².